The molecule has 0 aliphatic heterocycles. The van der Waals surface area contributed by atoms with Gasteiger partial charge in [-0.1, -0.05) is 30.3 Å². The maximum atomic E-state index is 11.5. The van der Waals surface area contributed by atoms with Crippen molar-refractivity contribution in [2.45, 2.75) is 5.60 Å². The van der Waals surface area contributed by atoms with Crippen LogP contribution in [-0.4, -0.2) is 11.4 Å². The SMILES string of the molecule is CS[C]1[CH][CH][CH][C]1[C@@](O)([C]1[CH][CH][CH][CH]1)c1ccccc1. The normalized spacial score (nSPS) is 25.1. The topological polar surface area (TPSA) is 20.2 Å². The van der Waals surface area contributed by atoms with Gasteiger partial charge in [-0.05, 0) is 56.8 Å². The maximum Gasteiger partial charge on any atom is 0.104 e. The van der Waals surface area contributed by atoms with Gasteiger partial charge in [0.2, 0.25) is 0 Å². The average Bonchev–Trinajstić information content (AvgIpc) is 3.18. The van der Waals surface area contributed by atoms with Crippen molar-refractivity contribution in [3.63, 3.8) is 0 Å². The highest BCUT2D eigenvalue weighted by Crippen LogP contribution is 2.56. The van der Waals surface area contributed by atoms with Crippen LogP contribution in [0.25, 0.3) is 0 Å². The van der Waals surface area contributed by atoms with Crippen LogP contribution >= 0.6 is 11.8 Å². The molecular weight excluding hydrogens is 264 g/mol. The first-order valence-corrected chi connectivity index (χ1v) is 7.79. The van der Waals surface area contributed by atoms with Gasteiger partial charge >= 0.3 is 0 Å². The van der Waals surface area contributed by atoms with Crippen molar-refractivity contribution in [2.75, 3.05) is 6.26 Å². The zero-order valence-corrected chi connectivity index (χ0v) is 12.1. The molecule has 2 aliphatic carbocycles. The Labute approximate surface area is 127 Å². The Morgan fingerprint density at radius 2 is 1.60 bits per heavy atom. The summed E-state index contributed by atoms with van der Waals surface area (Å²) in [6.45, 7) is 0. The third kappa shape index (κ3) is 2.42. The van der Waals surface area contributed by atoms with Gasteiger partial charge in [0.15, 0.2) is 0 Å². The zero-order chi connectivity index (χ0) is 14.0. The Balaban J connectivity index is 1.98. The minimum Gasteiger partial charge on any atom is -0.384 e. The van der Waals surface area contributed by atoms with E-state index in [4.69, 9.17) is 0 Å². The minimum atomic E-state index is -1.09. The van der Waals surface area contributed by atoms with Gasteiger partial charge in [0.1, 0.15) is 5.60 Å². The Morgan fingerprint density at radius 3 is 2.25 bits per heavy atom. The summed E-state index contributed by atoms with van der Waals surface area (Å²) < 4.78 is 0. The average molecular weight is 280 g/mol. The first kappa shape index (κ1) is 14.5. The summed E-state index contributed by atoms with van der Waals surface area (Å²) in [7, 11) is 0. The van der Waals surface area contributed by atoms with Gasteiger partial charge in [-0.15, -0.1) is 0 Å². The summed E-state index contributed by atoms with van der Waals surface area (Å²) in [6, 6.07) is 9.85. The second kappa shape index (κ2) is 6.11. The monoisotopic (exact) mass is 280 g/mol. The molecule has 0 spiro atoms. The second-order valence-corrected chi connectivity index (χ2v) is 5.61. The third-order valence-electron chi connectivity index (χ3n) is 3.66. The molecule has 2 heteroatoms. The van der Waals surface area contributed by atoms with E-state index >= 15 is 0 Å². The maximum absolute atomic E-state index is 11.5. The molecule has 1 nitrogen and oxygen atoms in total. The Bertz CT molecular complexity index is 426. The van der Waals surface area contributed by atoms with Crippen LogP contribution in [0.4, 0.5) is 0 Å². The molecule has 0 aromatic heterocycles. The van der Waals surface area contributed by atoms with Crippen LogP contribution in [-0.2, 0) is 5.60 Å². The lowest BCUT2D eigenvalue weighted by molar-refractivity contribution is 0.0831. The molecule has 20 heavy (non-hydrogen) atoms. The second-order valence-electron chi connectivity index (χ2n) is 4.76. The van der Waals surface area contributed by atoms with E-state index in [2.05, 4.69) is 6.42 Å². The van der Waals surface area contributed by atoms with Crippen LogP contribution in [0.5, 0.6) is 0 Å². The molecule has 0 unspecified atom stereocenters. The van der Waals surface area contributed by atoms with E-state index in [9.17, 15) is 5.11 Å². The highest BCUT2D eigenvalue weighted by Gasteiger charge is 2.51. The van der Waals surface area contributed by atoms with Crippen molar-refractivity contribution in [3.05, 3.63) is 97.9 Å². The van der Waals surface area contributed by atoms with E-state index in [0.717, 1.165) is 22.6 Å². The lowest BCUT2D eigenvalue weighted by Crippen LogP contribution is -2.40. The van der Waals surface area contributed by atoms with Gasteiger partial charge in [-0.25, -0.2) is 0 Å². The first-order chi connectivity index (χ1) is 9.76. The fourth-order valence-electron chi connectivity index (χ4n) is 2.65. The molecule has 1 aromatic rings. The molecule has 1 aromatic carbocycles. The third-order valence-corrected chi connectivity index (χ3v) is 4.45. The predicted octanol–water partition coefficient (Wildman–Crippen LogP) is 3.38. The molecule has 2 fully saturated rings. The predicted molar refractivity (Wildman–Crippen MR) is 83.7 cm³/mol. The van der Waals surface area contributed by atoms with Gasteiger partial charge in [0.25, 0.3) is 0 Å². The summed E-state index contributed by atoms with van der Waals surface area (Å²) in [6.07, 6.45) is 16.0. The fourth-order valence-corrected chi connectivity index (χ4v) is 3.30. The Hall–Kier alpha value is -0.470. The summed E-state index contributed by atoms with van der Waals surface area (Å²) in [4.78, 5) is 0. The molecular formula is C18H16OS. The number of aliphatic hydroxyl groups is 1. The van der Waals surface area contributed by atoms with E-state index in [-0.39, 0.29) is 0 Å². The van der Waals surface area contributed by atoms with Gasteiger partial charge in [-0.2, -0.15) is 11.8 Å². The van der Waals surface area contributed by atoms with Gasteiger partial charge in [0, 0.05) is 17.1 Å². The standard InChI is InChI=1S/C18H16OS/c1-20-17-13-7-12-16(17)18(19,15-10-5-6-11-15)14-8-3-2-4-9-14/h2-13,19H,1H3/t18-/m0/s1. The van der Waals surface area contributed by atoms with Gasteiger partial charge < -0.3 is 5.11 Å². The lowest BCUT2D eigenvalue weighted by atomic mass is 9.70. The lowest BCUT2D eigenvalue weighted by Gasteiger charge is -2.40. The van der Waals surface area contributed by atoms with E-state index in [1.807, 2.05) is 75.1 Å². The smallest absolute Gasteiger partial charge is 0.104 e. The van der Waals surface area contributed by atoms with Gasteiger partial charge in [0.05, 0.1) is 0 Å². The molecule has 2 saturated carbocycles. The molecule has 1 atom stereocenters. The molecule has 1 N–H and O–H groups in total. The van der Waals surface area contributed by atoms with E-state index in [1.165, 1.54) is 0 Å². The van der Waals surface area contributed by atoms with Crippen molar-refractivity contribution in [2.24, 2.45) is 0 Å². The number of benzene rings is 1. The minimum absolute atomic E-state index is 0.896. The van der Waals surface area contributed by atoms with Crippen LogP contribution in [0.3, 0.4) is 0 Å². The molecule has 3 rings (SSSR count). The Morgan fingerprint density at radius 1 is 0.900 bits per heavy atom. The summed E-state index contributed by atoms with van der Waals surface area (Å²) >= 11 is 1.66. The number of thioether (sulfide) groups is 1. The zero-order valence-electron chi connectivity index (χ0n) is 11.3. The molecule has 0 heterocycles. The van der Waals surface area contributed by atoms with Gasteiger partial charge in [-0.3, -0.25) is 0 Å². The highest BCUT2D eigenvalue weighted by molar-refractivity contribution is 8.01. The molecule has 2 aliphatic rings. The van der Waals surface area contributed by atoms with Crippen molar-refractivity contribution in [1.29, 1.82) is 0 Å². The molecule has 100 valence electrons. The molecule has 0 saturated heterocycles. The number of rotatable bonds is 4. The van der Waals surface area contributed by atoms with Crippen LogP contribution < -0.4 is 0 Å². The van der Waals surface area contributed by atoms with Crippen molar-refractivity contribution in [1.82, 2.24) is 0 Å². The fraction of sp³-hybridized carbons (Fsp3) is 0.111. The van der Waals surface area contributed by atoms with E-state index < -0.39 is 5.60 Å². The van der Waals surface area contributed by atoms with Crippen LogP contribution in [0.1, 0.15) is 5.56 Å². The van der Waals surface area contributed by atoms with Crippen LogP contribution in [0.2, 0.25) is 0 Å². The van der Waals surface area contributed by atoms with Crippen LogP contribution in [0.15, 0.2) is 30.3 Å². The number of hydrogen-bond donors (Lipinski definition) is 1. The summed E-state index contributed by atoms with van der Waals surface area (Å²) in [5.74, 6) is 1.85. The molecule has 0 bridgehead atoms. The summed E-state index contributed by atoms with van der Waals surface area (Å²) in [5.41, 5.74) is -0.195. The van der Waals surface area contributed by atoms with Crippen molar-refractivity contribution >= 4 is 11.8 Å². The molecule has 0 amide bonds. The molecule has 10 radical (unpaired) electrons. The summed E-state index contributed by atoms with van der Waals surface area (Å²) in [5, 5.41) is 12.6. The van der Waals surface area contributed by atoms with Crippen molar-refractivity contribution < 1.29 is 5.11 Å². The first-order valence-electron chi connectivity index (χ1n) is 6.57. The van der Waals surface area contributed by atoms with E-state index in [0.29, 0.717) is 0 Å². The van der Waals surface area contributed by atoms with Crippen LogP contribution in [0, 0.1) is 62.0 Å². The van der Waals surface area contributed by atoms with E-state index in [1.54, 1.807) is 11.8 Å². The highest BCUT2D eigenvalue weighted by atomic mass is 32.2. The largest absolute Gasteiger partial charge is 0.384 e. The Kier molecular flexibility index (Phi) is 4.42. The number of hydrogen-bond acceptors (Lipinski definition) is 2. The van der Waals surface area contributed by atoms with Crippen molar-refractivity contribution in [3.8, 4) is 0 Å². The quantitative estimate of drug-likeness (QED) is 0.912.